The Kier molecular flexibility index (Phi) is 4.29. The minimum absolute atomic E-state index is 0.205. The molecule has 146 valence electrons. The Balaban J connectivity index is 2.13. The quantitative estimate of drug-likeness (QED) is 0.446. The number of nitrogen functional groups attached to an aromatic ring is 1. The Bertz CT molecular complexity index is 1090. The van der Waals surface area contributed by atoms with Crippen molar-refractivity contribution in [3.8, 4) is 11.4 Å². The summed E-state index contributed by atoms with van der Waals surface area (Å²) in [5.74, 6) is -2.81. The molecule has 0 aliphatic carbocycles. The van der Waals surface area contributed by atoms with Gasteiger partial charge >= 0.3 is 11.9 Å². The second-order valence-electron chi connectivity index (χ2n) is 5.59. The molecule has 13 heteroatoms. The number of fused-ring (bicyclic) bond motifs is 1. The first-order valence-corrected chi connectivity index (χ1v) is 7.39. The molecule has 0 saturated carbocycles. The number of ether oxygens (including phenoxy) is 1. The van der Waals surface area contributed by atoms with E-state index in [9.17, 15) is 37.7 Å². The number of carbonyl (C=O) groups is 2. The van der Waals surface area contributed by atoms with Crippen molar-refractivity contribution in [2.45, 2.75) is 6.18 Å². The van der Waals surface area contributed by atoms with Crippen molar-refractivity contribution in [1.29, 1.82) is 0 Å². The van der Waals surface area contributed by atoms with Crippen LogP contribution in [-0.2, 0) is 0 Å². The Morgan fingerprint density at radius 2 is 1.86 bits per heavy atom. The number of nitrogens with two attached hydrogens (primary N) is 1. The lowest BCUT2D eigenvalue weighted by molar-refractivity contribution is -0.386. The molecule has 1 aliphatic rings. The molecule has 0 spiro atoms. The molecule has 2 heterocycles. The van der Waals surface area contributed by atoms with Crippen LogP contribution >= 0.6 is 0 Å². The number of aromatic nitrogens is 1. The maximum atomic E-state index is 12.3. The SMILES string of the molecule is Nc1c2c(cc(=O)n1-c1ccc(OCC(F)(F)F)c([N+](=O)[O-])c1)C(=O)NC2=O. The molecule has 2 amide bonds. The summed E-state index contributed by atoms with van der Waals surface area (Å²) in [7, 11) is 0. The molecule has 0 unspecified atom stereocenters. The van der Waals surface area contributed by atoms with E-state index in [1.807, 2.05) is 5.32 Å². The van der Waals surface area contributed by atoms with Gasteiger partial charge in [-0.05, 0) is 12.1 Å². The van der Waals surface area contributed by atoms with Crippen LogP contribution in [0.5, 0.6) is 5.75 Å². The van der Waals surface area contributed by atoms with Gasteiger partial charge in [0.05, 0.1) is 21.7 Å². The monoisotopic (exact) mass is 398 g/mol. The van der Waals surface area contributed by atoms with Gasteiger partial charge in [0.2, 0.25) is 0 Å². The first kappa shape index (κ1) is 18.9. The van der Waals surface area contributed by atoms with Crippen molar-refractivity contribution >= 4 is 23.3 Å². The van der Waals surface area contributed by atoms with Gasteiger partial charge in [0.15, 0.2) is 12.4 Å². The van der Waals surface area contributed by atoms with E-state index < -0.39 is 52.3 Å². The van der Waals surface area contributed by atoms with E-state index in [1.54, 1.807) is 0 Å². The van der Waals surface area contributed by atoms with Crippen LogP contribution in [0.2, 0.25) is 0 Å². The van der Waals surface area contributed by atoms with Crippen molar-refractivity contribution in [3.05, 3.63) is 55.9 Å². The van der Waals surface area contributed by atoms with Crippen LogP contribution in [-0.4, -0.2) is 34.1 Å². The van der Waals surface area contributed by atoms with Gasteiger partial charge in [0, 0.05) is 12.1 Å². The van der Waals surface area contributed by atoms with Crippen molar-refractivity contribution in [2.75, 3.05) is 12.3 Å². The van der Waals surface area contributed by atoms with E-state index in [-0.39, 0.29) is 16.8 Å². The average Bonchev–Trinajstić information content (AvgIpc) is 2.86. The summed E-state index contributed by atoms with van der Waals surface area (Å²) >= 11 is 0. The van der Waals surface area contributed by atoms with Crippen LogP contribution in [0.25, 0.3) is 5.69 Å². The van der Waals surface area contributed by atoms with Gasteiger partial charge in [-0.1, -0.05) is 0 Å². The Labute approximate surface area is 152 Å². The van der Waals surface area contributed by atoms with E-state index in [1.165, 1.54) is 0 Å². The highest BCUT2D eigenvalue weighted by molar-refractivity contribution is 6.23. The average molecular weight is 398 g/mol. The van der Waals surface area contributed by atoms with Gasteiger partial charge in [0.1, 0.15) is 5.82 Å². The van der Waals surface area contributed by atoms with Crippen molar-refractivity contribution in [2.24, 2.45) is 0 Å². The summed E-state index contributed by atoms with van der Waals surface area (Å²) in [4.78, 5) is 46.0. The fourth-order valence-electron chi connectivity index (χ4n) is 2.61. The molecule has 0 bridgehead atoms. The number of halogens is 3. The third-order valence-electron chi connectivity index (χ3n) is 3.74. The summed E-state index contributed by atoms with van der Waals surface area (Å²) in [6, 6.07) is 3.51. The molecule has 0 fully saturated rings. The lowest BCUT2D eigenvalue weighted by Crippen LogP contribution is -2.24. The lowest BCUT2D eigenvalue weighted by atomic mass is 10.1. The first-order valence-electron chi connectivity index (χ1n) is 7.39. The Morgan fingerprint density at radius 3 is 2.46 bits per heavy atom. The maximum Gasteiger partial charge on any atom is 0.422 e. The predicted octanol–water partition coefficient (Wildman–Crippen LogP) is 1.15. The summed E-state index contributed by atoms with van der Waals surface area (Å²) < 4.78 is 42.0. The van der Waals surface area contributed by atoms with Crippen molar-refractivity contribution in [3.63, 3.8) is 0 Å². The number of carbonyl (C=O) groups excluding carboxylic acids is 2. The molecule has 0 atom stereocenters. The maximum absolute atomic E-state index is 12.3. The van der Waals surface area contributed by atoms with E-state index in [0.717, 1.165) is 28.8 Å². The zero-order valence-corrected chi connectivity index (χ0v) is 13.6. The van der Waals surface area contributed by atoms with Crippen LogP contribution in [0, 0.1) is 10.1 Å². The van der Waals surface area contributed by atoms with Crippen LogP contribution < -0.4 is 21.3 Å². The van der Waals surface area contributed by atoms with Crippen LogP contribution in [0.3, 0.4) is 0 Å². The minimum Gasteiger partial charge on any atom is -0.477 e. The summed E-state index contributed by atoms with van der Waals surface area (Å²) in [6.07, 6.45) is -4.71. The number of pyridine rings is 1. The largest absolute Gasteiger partial charge is 0.477 e. The van der Waals surface area contributed by atoms with Gasteiger partial charge in [-0.2, -0.15) is 13.2 Å². The first-order chi connectivity index (χ1) is 13.0. The third kappa shape index (κ3) is 3.24. The molecule has 1 aliphatic heterocycles. The molecular formula is C15H9F3N4O6. The third-order valence-corrected chi connectivity index (χ3v) is 3.74. The van der Waals surface area contributed by atoms with E-state index in [4.69, 9.17) is 5.73 Å². The van der Waals surface area contributed by atoms with Crippen molar-refractivity contribution in [1.82, 2.24) is 9.88 Å². The second-order valence-corrected chi connectivity index (χ2v) is 5.59. The van der Waals surface area contributed by atoms with Gasteiger partial charge < -0.3 is 10.5 Å². The molecule has 1 aromatic carbocycles. The van der Waals surface area contributed by atoms with E-state index in [0.29, 0.717) is 0 Å². The number of alkyl halides is 3. The topological polar surface area (TPSA) is 147 Å². The molecule has 3 rings (SSSR count). The van der Waals surface area contributed by atoms with Crippen LogP contribution in [0.15, 0.2) is 29.1 Å². The summed E-state index contributed by atoms with van der Waals surface area (Å²) in [5.41, 5.74) is 3.33. The van der Waals surface area contributed by atoms with Gasteiger partial charge in [-0.15, -0.1) is 0 Å². The number of hydrogen-bond acceptors (Lipinski definition) is 7. The fraction of sp³-hybridized carbons (Fsp3) is 0.133. The number of nitro groups is 1. The number of nitro benzene ring substituents is 1. The molecule has 2 aromatic rings. The Morgan fingerprint density at radius 1 is 1.18 bits per heavy atom. The second kappa shape index (κ2) is 6.37. The zero-order chi connectivity index (χ0) is 20.8. The number of hydrogen-bond donors (Lipinski definition) is 2. The highest BCUT2D eigenvalue weighted by Crippen LogP contribution is 2.32. The van der Waals surface area contributed by atoms with E-state index in [2.05, 4.69) is 4.74 Å². The van der Waals surface area contributed by atoms with Crippen molar-refractivity contribution < 1.29 is 32.4 Å². The summed E-state index contributed by atoms with van der Waals surface area (Å²) in [5, 5.41) is 13.2. The molecule has 1 aromatic heterocycles. The van der Waals surface area contributed by atoms with Gasteiger partial charge in [-0.3, -0.25) is 34.4 Å². The normalized spacial score (nSPS) is 13.2. The number of nitrogens with one attached hydrogen (secondary N) is 1. The highest BCUT2D eigenvalue weighted by atomic mass is 19.4. The molecule has 0 radical (unpaired) electrons. The smallest absolute Gasteiger partial charge is 0.422 e. The highest BCUT2D eigenvalue weighted by Gasteiger charge is 2.33. The number of imide groups is 1. The van der Waals surface area contributed by atoms with E-state index >= 15 is 0 Å². The standard InChI is InChI=1S/C15H9F3N4O6/c16-15(17,18)5-28-9-2-1-6(3-8(9)22(26)27)21-10(23)4-7-11(12(21)19)14(25)20-13(7)24/h1-4H,5,19H2,(H,20,24,25). The van der Waals surface area contributed by atoms with Gasteiger partial charge in [-0.25, -0.2) is 0 Å². The number of anilines is 1. The molecule has 28 heavy (non-hydrogen) atoms. The molecular weight excluding hydrogens is 389 g/mol. The zero-order valence-electron chi connectivity index (χ0n) is 13.6. The van der Waals surface area contributed by atoms with Crippen LogP contribution in [0.4, 0.5) is 24.7 Å². The number of rotatable bonds is 4. The number of nitrogens with zero attached hydrogens (tertiary/aromatic N) is 2. The number of amides is 2. The van der Waals surface area contributed by atoms with Gasteiger partial charge in [0.25, 0.3) is 17.4 Å². The summed E-state index contributed by atoms with van der Waals surface area (Å²) in [6.45, 7) is -1.75. The Hall–Kier alpha value is -3.90. The number of benzene rings is 1. The fourth-order valence-corrected chi connectivity index (χ4v) is 2.61. The lowest BCUT2D eigenvalue weighted by Gasteiger charge is -2.13. The molecule has 0 saturated heterocycles. The molecule has 3 N–H and O–H groups in total. The minimum atomic E-state index is -4.71. The van der Waals surface area contributed by atoms with Crippen LogP contribution in [0.1, 0.15) is 20.7 Å². The predicted molar refractivity (Wildman–Crippen MR) is 86.5 cm³/mol. The molecule has 10 nitrogen and oxygen atoms in total.